The van der Waals surface area contributed by atoms with Crippen LogP contribution in [0.5, 0.6) is 11.5 Å². The van der Waals surface area contributed by atoms with Crippen LogP contribution in [0.4, 0.5) is 0 Å². The van der Waals surface area contributed by atoms with E-state index in [1.165, 1.54) is 0 Å². The Morgan fingerprint density at radius 3 is 2.32 bits per heavy atom. The van der Waals surface area contributed by atoms with Gasteiger partial charge in [-0.05, 0) is 56.7 Å². The maximum Gasteiger partial charge on any atom is 0.119 e. The van der Waals surface area contributed by atoms with Gasteiger partial charge in [0.05, 0.1) is 13.2 Å². The SMILES string of the molecule is CCOc1ccc(OCCCCC(N)CSC)cc1. The van der Waals surface area contributed by atoms with Crippen molar-refractivity contribution in [2.75, 3.05) is 25.2 Å². The molecule has 108 valence electrons. The van der Waals surface area contributed by atoms with Gasteiger partial charge in [0.2, 0.25) is 0 Å². The summed E-state index contributed by atoms with van der Waals surface area (Å²) in [5.74, 6) is 2.83. The van der Waals surface area contributed by atoms with Crippen molar-refractivity contribution >= 4 is 11.8 Å². The van der Waals surface area contributed by atoms with Gasteiger partial charge in [0.1, 0.15) is 11.5 Å². The summed E-state index contributed by atoms with van der Waals surface area (Å²) >= 11 is 1.81. The highest BCUT2D eigenvalue weighted by Crippen LogP contribution is 2.17. The molecule has 1 atom stereocenters. The van der Waals surface area contributed by atoms with Crippen molar-refractivity contribution in [1.29, 1.82) is 0 Å². The third kappa shape index (κ3) is 7.33. The summed E-state index contributed by atoms with van der Waals surface area (Å²) in [6.45, 7) is 3.42. The van der Waals surface area contributed by atoms with E-state index in [1.807, 2.05) is 43.0 Å². The van der Waals surface area contributed by atoms with Gasteiger partial charge >= 0.3 is 0 Å². The zero-order valence-electron chi connectivity index (χ0n) is 11.9. The molecule has 0 heterocycles. The monoisotopic (exact) mass is 283 g/mol. The Balaban J connectivity index is 2.12. The normalized spacial score (nSPS) is 12.2. The van der Waals surface area contributed by atoms with Crippen molar-refractivity contribution in [2.24, 2.45) is 5.73 Å². The van der Waals surface area contributed by atoms with Gasteiger partial charge < -0.3 is 15.2 Å². The van der Waals surface area contributed by atoms with Crippen molar-refractivity contribution in [2.45, 2.75) is 32.2 Å². The van der Waals surface area contributed by atoms with Crippen LogP contribution in [0.15, 0.2) is 24.3 Å². The fourth-order valence-electron chi connectivity index (χ4n) is 1.79. The molecule has 3 nitrogen and oxygen atoms in total. The average Bonchev–Trinajstić information content (AvgIpc) is 2.41. The van der Waals surface area contributed by atoms with E-state index in [0.29, 0.717) is 12.6 Å². The molecule has 0 aromatic heterocycles. The number of hydrogen-bond donors (Lipinski definition) is 1. The predicted octanol–water partition coefficient (Wildman–Crippen LogP) is 3.32. The van der Waals surface area contributed by atoms with E-state index in [1.54, 1.807) is 0 Å². The van der Waals surface area contributed by atoms with E-state index in [0.717, 1.165) is 43.1 Å². The van der Waals surface area contributed by atoms with Gasteiger partial charge in [0, 0.05) is 11.8 Å². The summed E-state index contributed by atoms with van der Waals surface area (Å²) in [5.41, 5.74) is 5.95. The first-order valence-electron chi connectivity index (χ1n) is 6.86. The van der Waals surface area contributed by atoms with Crippen LogP contribution in [-0.2, 0) is 0 Å². The minimum atomic E-state index is 0.320. The first-order valence-corrected chi connectivity index (χ1v) is 8.25. The Kier molecular flexibility index (Phi) is 8.50. The van der Waals surface area contributed by atoms with E-state index in [2.05, 4.69) is 6.26 Å². The third-order valence-electron chi connectivity index (χ3n) is 2.75. The summed E-state index contributed by atoms with van der Waals surface area (Å²) in [5, 5.41) is 0. The molecule has 1 aromatic carbocycles. The molecular formula is C15H25NO2S. The van der Waals surface area contributed by atoms with Gasteiger partial charge in [0.15, 0.2) is 0 Å². The molecule has 4 heteroatoms. The molecular weight excluding hydrogens is 258 g/mol. The Morgan fingerprint density at radius 2 is 1.74 bits per heavy atom. The van der Waals surface area contributed by atoms with Gasteiger partial charge in [0.25, 0.3) is 0 Å². The Bertz CT molecular complexity index is 329. The second kappa shape index (κ2) is 9.98. The fourth-order valence-corrected chi connectivity index (χ4v) is 2.39. The molecule has 0 aliphatic rings. The molecule has 0 fully saturated rings. The molecule has 0 saturated heterocycles. The van der Waals surface area contributed by atoms with Crippen LogP contribution >= 0.6 is 11.8 Å². The molecule has 1 rings (SSSR count). The molecule has 0 aliphatic heterocycles. The average molecular weight is 283 g/mol. The fraction of sp³-hybridized carbons (Fsp3) is 0.600. The van der Waals surface area contributed by atoms with Gasteiger partial charge in [-0.3, -0.25) is 0 Å². The zero-order chi connectivity index (χ0) is 13.9. The highest BCUT2D eigenvalue weighted by Gasteiger charge is 2.01. The van der Waals surface area contributed by atoms with Gasteiger partial charge in [-0.25, -0.2) is 0 Å². The van der Waals surface area contributed by atoms with Gasteiger partial charge in [-0.1, -0.05) is 0 Å². The number of ether oxygens (including phenoxy) is 2. The molecule has 0 spiro atoms. The summed E-state index contributed by atoms with van der Waals surface area (Å²) in [6, 6.07) is 8.09. The number of nitrogens with two attached hydrogens (primary N) is 1. The Morgan fingerprint density at radius 1 is 1.11 bits per heavy atom. The molecule has 0 radical (unpaired) electrons. The summed E-state index contributed by atoms with van der Waals surface area (Å²) in [7, 11) is 0. The predicted molar refractivity (Wildman–Crippen MR) is 83.3 cm³/mol. The van der Waals surface area contributed by atoms with E-state index in [-0.39, 0.29) is 0 Å². The van der Waals surface area contributed by atoms with Crippen LogP contribution < -0.4 is 15.2 Å². The number of unbranched alkanes of at least 4 members (excludes halogenated alkanes) is 1. The molecule has 0 amide bonds. The first-order chi connectivity index (χ1) is 9.26. The lowest BCUT2D eigenvalue weighted by Crippen LogP contribution is -2.22. The van der Waals surface area contributed by atoms with E-state index < -0.39 is 0 Å². The summed E-state index contributed by atoms with van der Waals surface area (Å²) < 4.78 is 11.1. The van der Waals surface area contributed by atoms with Crippen LogP contribution in [-0.4, -0.2) is 31.3 Å². The Hall–Kier alpha value is -0.870. The third-order valence-corrected chi connectivity index (χ3v) is 3.51. The highest BCUT2D eigenvalue weighted by atomic mass is 32.2. The second-order valence-electron chi connectivity index (χ2n) is 4.46. The first kappa shape index (κ1) is 16.2. The van der Waals surface area contributed by atoms with Crippen LogP contribution in [0, 0.1) is 0 Å². The van der Waals surface area contributed by atoms with Crippen LogP contribution in [0.25, 0.3) is 0 Å². The largest absolute Gasteiger partial charge is 0.494 e. The quantitative estimate of drug-likeness (QED) is 0.669. The lowest BCUT2D eigenvalue weighted by Gasteiger charge is -2.10. The topological polar surface area (TPSA) is 44.5 Å². The molecule has 0 aliphatic carbocycles. The van der Waals surface area contributed by atoms with E-state index in [4.69, 9.17) is 15.2 Å². The number of thioether (sulfide) groups is 1. The lowest BCUT2D eigenvalue weighted by molar-refractivity contribution is 0.302. The molecule has 0 bridgehead atoms. The van der Waals surface area contributed by atoms with Crippen molar-refractivity contribution in [1.82, 2.24) is 0 Å². The lowest BCUT2D eigenvalue weighted by atomic mass is 10.1. The molecule has 2 N–H and O–H groups in total. The standard InChI is InChI=1S/C15H25NO2S/c1-3-17-14-7-9-15(10-8-14)18-11-5-4-6-13(16)12-19-2/h7-10,13H,3-6,11-12,16H2,1-2H3. The molecule has 0 saturated carbocycles. The van der Waals surface area contributed by atoms with Gasteiger partial charge in [-0.15, -0.1) is 0 Å². The van der Waals surface area contributed by atoms with Crippen molar-refractivity contribution < 1.29 is 9.47 Å². The molecule has 1 aromatic rings. The maximum absolute atomic E-state index is 5.95. The summed E-state index contributed by atoms with van der Waals surface area (Å²) in [4.78, 5) is 0. The summed E-state index contributed by atoms with van der Waals surface area (Å²) in [6.07, 6.45) is 5.34. The van der Waals surface area contributed by atoms with Crippen molar-refractivity contribution in [3.63, 3.8) is 0 Å². The zero-order valence-corrected chi connectivity index (χ0v) is 12.7. The maximum atomic E-state index is 5.95. The van der Waals surface area contributed by atoms with E-state index in [9.17, 15) is 0 Å². The molecule has 19 heavy (non-hydrogen) atoms. The minimum absolute atomic E-state index is 0.320. The Labute approximate surface area is 120 Å². The second-order valence-corrected chi connectivity index (χ2v) is 5.37. The van der Waals surface area contributed by atoms with Crippen molar-refractivity contribution in [3.8, 4) is 11.5 Å². The number of hydrogen-bond acceptors (Lipinski definition) is 4. The van der Waals surface area contributed by atoms with Crippen LogP contribution in [0.3, 0.4) is 0 Å². The van der Waals surface area contributed by atoms with Gasteiger partial charge in [-0.2, -0.15) is 11.8 Å². The van der Waals surface area contributed by atoms with E-state index >= 15 is 0 Å². The smallest absolute Gasteiger partial charge is 0.119 e. The van der Waals surface area contributed by atoms with Crippen LogP contribution in [0.1, 0.15) is 26.2 Å². The van der Waals surface area contributed by atoms with Crippen molar-refractivity contribution in [3.05, 3.63) is 24.3 Å². The minimum Gasteiger partial charge on any atom is -0.494 e. The number of rotatable bonds is 10. The molecule has 1 unspecified atom stereocenters. The van der Waals surface area contributed by atoms with Crippen LogP contribution in [0.2, 0.25) is 0 Å². The number of benzene rings is 1. The highest BCUT2D eigenvalue weighted by molar-refractivity contribution is 7.98.